The number of aromatic hydroxyl groups is 1. The van der Waals surface area contributed by atoms with Gasteiger partial charge in [0.25, 0.3) is 0 Å². The Morgan fingerprint density at radius 3 is 2.71 bits per heavy atom. The summed E-state index contributed by atoms with van der Waals surface area (Å²) >= 11 is 3.22. The summed E-state index contributed by atoms with van der Waals surface area (Å²) in [5.74, 6) is -0.908. The summed E-state index contributed by atoms with van der Waals surface area (Å²) in [4.78, 5) is 10.5. The van der Waals surface area contributed by atoms with Crippen molar-refractivity contribution >= 4 is 21.9 Å². The zero-order valence-corrected chi connectivity index (χ0v) is 8.86. The molecule has 0 radical (unpaired) electrons. The SMILES string of the molecule is NC(Cc1ccc(O)cc1Br)C(=O)O. The number of carboxylic acid groups (broad SMARTS) is 1. The van der Waals surface area contributed by atoms with Gasteiger partial charge in [0.1, 0.15) is 11.8 Å². The van der Waals surface area contributed by atoms with E-state index in [9.17, 15) is 4.79 Å². The van der Waals surface area contributed by atoms with E-state index in [0.29, 0.717) is 4.47 Å². The lowest BCUT2D eigenvalue weighted by atomic mass is 10.1. The molecule has 1 aromatic rings. The van der Waals surface area contributed by atoms with E-state index in [1.54, 1.807) is 6.07 Å². The Morgan fingerprint density at radius 1 is 1.57 bits per heavy atom. The highest BCUT2D eigenvalue weighted by atomic mass is 79.9. The van der Waals surface area contributed by atoms with E-state index in [0.717, 1.165) is 5.56 Å². The van der Waals surface area contributed by atoms with Crippen LogP contribution in [0.3, 0.4) is 0 Å². The third-order valence-corrected chi connectivity index (χ3v) is 2.53. The lowest BCUT2D eigenvalue weighted by Crippen LogP contribution is -2.32. The van der Waals surface area contributed by atoms with Crippen LogP contribution in [0.25, 0.3) is 0 Å². The summed E-state index contributed by atoms with van der Waals surface area (Å²) in [6.45, 7) is 0. The Morgan fingerprint density at radius 2 is 2.21 bits per heavy atom. The van der Waals surface area contributed by atoms with Gasteiger partial charge >= 0.3 is 5.97 Å². The third kappa shape index (κ3) is 2.71. The fourth-order valence-electron chi connectivity index (χ4n) is 1.03. The van der Waals surface area contributed by atoms with Crippen LogP contribution in [0, 0.1) is 0 Å². The largest absolute Gasteiger partial charge is 0.508 e. The maximum atomic E-state index is 10.5. The van der Waals surface area contributed by atoms with Gasteiger partial charge in [0.15, 0.2) is 0 Å². The molecule has 0 aliphatic carbocycles. The Labute approximate surface area is 89.5 Å². The van der Waals surface area contributed by atoms with Crippen molar-refractivity contribution in [2.24, 2.45) is 5.73 Å². The van der Waals surface area contributed by atoms with Crippen molar-refractivity contribution in [3.63, 3.8) is 0 Å². The topological polar surface area (TPSA) is 83.5 Å². The summed E-state index contributed by atoms with van der Waals surface area (Å²) in [6, 6.07) is 3.72. The van der Waals surface area contributed by atoms with E-state index >= 15 is 0 Å². The van der Waals surface area contributed by atoms with Crippen LogP contribution in [0.15, 0.2) is 22.7 Å². The second-order valence-corrected chi connectivity index (χ2v) is 3.78. The molecule has 4 nitrogen and oxygen atoms in total. The number of hydrogen-bond acceptors (Lipinski definition) is 3. The number of rotatable bonds is 3. The van der Waals surface area contributed by atoms with Gasteiger partial charge in [-0.05, 0) is 24.1 Å². The first-order valence-electron chi connectivity index (χ1n) is 3.96. The molecular weight excluding hydrogens is 250 g/mol. The molecule has 1 aromatic carbocycles. The highest BCUT2D eigenvalue weighted by Crippen LogP contribution is 2.22. The highest BCUT2D eigenvalue weighted by Gasteiger charge is 2.13. The van der Waals surface area contributed by atoms with Crippen LogP contribution in [-0.2, 0) is 11.2 Å². The summed E-state index contributed by atoms with van der Waals surface area (Å²) in [6.07, 6.45) is 0.232. The van der Waals surface area contributed by atoms with E-state index in [4.69, 9.17) is 15.9 Å². The number of carbonyl (C=O) groups is 1. The normalized spacial score (nSPS) is 12.4. The summed E-state index contributed by atoms with van der Waals surface area (Å²) in [5.41, 5.74) is 6.13. The molecule has 5 heteroatoms. The van der Waals surface area contributed by atoms with Crippen LogP contribution >= 0.6 is 15.9 Å². The number of hydrogen-bond donors (Lipinski definition) is 3. The number of nitrogens with two attached hydrogens (primary N) is 1. The molecule has 14 heavy (non-hydrogen) atoms. The highest BCUT2D eigenvalue weighted by molar-refractivity contribution is 9.10. The smallest absolute Gasteiger partial charge is 0.320 e. The molecular formula is C9H10BrNO3. The summed E-state index contributed by atoms with van der Waals surface area (Å²) in [5, 5.41) is 17.7. The van der Waals surface area contributed by atoms with Crippen molar-refractivity contribution in [3.8, 4) is 5.75 Å². The molecule has 1 atom stereocenters. The van der Waals surface area contributed by atoms with Crippen molar-refractivity contribution in [1.29, 1.82) is 0 Å². The minimum atomic E-state index is -1.04. The van der Waals surface area contributed by atoms with Gasteiger partial charge in [-0.1, -0.05) is 22.0 Å². The average molecular weight is 260 g/mol. The molecule has 0 aromatic heterocycles. The van der Waals surface area contributed by atoms with Crippen molar-refractivity contribution in [2.75, 3.05) is 0 Å². The van der Waals surface area contributed by atoms with Gasteiger partial charge in [-0.15, -0.1) is 0 Å². The van der Waals surface area contributed by atoms with Gasteiger partial charge in [0, 0.05) is 4.47 Å². The number of halogens is 1. The Hall–Kier alpha value is -1.07. The first-order chi connectivity index (χ1) is 6.50. The molecule has 0 saturated heterocycles. The van der Waals surface area contributed by atoms with Crippen LogP contribution in [0.4, 0.5) is 0 Å². The maximum absolute atomic E-state index is 10.5. The lowest BCUT2D eigenvalue weighted by Gasteiger charge is -2.08. The maximum Gasteiger partial charge on any atom is 0.320 e. The van der Waals surface area contributed by atoms with Crippen LogP contribution in [0.5, 0.6) is 5.75 Å². The quantitative estimate of drug-likeness (QED) is 0.760. The average Bonchev–Trinajstić information content (AvgIpc) is 2.09. The molecule has 0 bridgehead atoms. The molecule has 0 aliphatic rings. The number of carboxylic acids is 1. The number of phenolic OH excluding ortho intramolecular Hbond substituents is 1. The van der Waals surface area contributed by atoms with Gasteiger partial charge in [-0.25, -0.2) is 0 Å². The molecule has 1 rings (SSSR count). The van der Waals surface area contributed by atoms with Crippen LogP contribution in [0.2, 0.25) is 0 Å². The fraction of sp³-hybridized carbons (Fsp3) is 0.222. The van der Waals surface area contributed by atoms with Gasteiger partial charge < -0.3 is 15.9 Å². The molecule has 0 aliphatic heterocycles. The van der Waals surface area contributed by atoms with Gasteiger partial charge in [0.05, 0.1) is 0 Å². The molecule has 0 fully saturated rings. The van der Waals surface area contributed by atoms with E-state index in [-0.39, 0.29) is 12.2 Å². The second-order valence-electron chi connectivity index (χ2n) is 2.92. The molecule has 1 unspecified atom stereocenters. The molecule has 0 saturated carbocycles. The second kappa shape index (κ2) is 4.43. The number of phenols is 1. The fourth-order valence-corrected chi connectivity index (χ4v) is 1.55. The van der Waals surface area contributed by atoms with Gasteiger partial charge in [0.2, 0.25) is 0 Å². The minimum absolute atomic E-state index is 0.129. The van der Waals surface area contributed by atoms with E-state index in [1.165, 1.54) is 12.1 Å². The van der Waals surface area contributed by atoms with Crippen LogP contribution in [0.1, 0.15) is 5.56 Å². The monoisotopic (exact) mass is 259 g/mol. The zero-order chi connectivity index (χ0) is 10.7. The standard InChI is InChI=1S/C9H10BrNO3/c10-7-4-6(12)2-1-5(7)3-8(11)9(13)14/h1-2,4,8,12H,3,11H2,(H,13,14). The molecule has 4 N–H and O–H groups in total. The van der Waals surface area contributed by atoms with Crippen LogP contribution in [-0.4, -0.2) is 22.2 Å². The summed E-state index contributed by atoms with van der Waals surface area (Å²) < 4.78 is 0.661. The van der Waals surface area contributed by atoms with Crippen molar-refractivity contribution in [3.05, 3.63) is 28.2 Å². The Balaban J connectivity index is 2.82. The van der Waals surface area contributed by atoms with Crippen molar-refractivity contribution in [1.82, 2.24) is 0 Å². The Kier molecular flexibility index (Phi) is 3.49. The lowest BCUT2D eigenvalue weighted by molar-refractivity contribution is -0.138. The van der Waals surface area contributed by atoms with Gasteiger partial charge in [-0.2, -0.15) is 0 Å². The molecule has 76 valence electrons. The van der Waals surface area contributed by atoms with Crippen molar-refractivity contribution in [2.45, 2.75) is 12.5 Å². The molecule has 0 amide bonds. The minimum Gasteiger partial charge on any atom is -0.508 e. The predicted octanol–water partition coefficient (Wildman–Crippen LogP) is 1.11. The summed E-state index contributed by atoms with van der Waals surface area (Å²) in [7, 11) is 0. The van der Waals surface area contributed by atoms with Gasteiger partial charge in [-0.3, -0.25) is 4.79 Å². The number of aliphatic carboxylic acids is 1. The van der Waals surface area contributed by atoms with E-state index < -0.39 is 12.0 Å². The first kappa shape index (κ1) is 11.0. The Bertz CT molecular complexity index is 354. The van der Waals surface area contributed by atoms with Crippen molar-refractivity contribution < 1.29 is 15.0 Å². The molecule has 0 spiro atoms. The molecule has 0 heterocycles. The first-order valence-corrected chi connectivity index (χ1v) is 4.76. The number of benzene rings is 1. The van der Waals surface area contributed by atoms with Crippen LogP contribution < -0.4 is 5.73 Å². The predicted molar refractivity (Wildman–Crippen MR) is 55.1 cm³/mol. The van der Waals surface area contributed by atoms with E-state index in [1.807, 2.05) is 0 Å². The third-order valence-electron chi connectivity index (χ3n) is 1.79. The van der Waals surface area contributed by atoms with E-state index in [2.05, 4.69) is 15.9 Å². The zero-order valence-electron chi connectivity index (χ0n) is 7.27.